The van der Waals surface area contributed by atoms with Gasteiger partial charge in [0, 0.05) is 30.3 Å². The minimum Gasteiger partial charge on any atom is -0.487 e. The van der Waals surface area contributed by atoms with Crippen molar-refractivity contribution in [3.05, 3.63) is 77.6 Å². The van der Waals surface area contributed by atoms with Crippen LogP contribution in [-0.2, 0) is 10.7 Å². The lowest BCUT2D eigenvalue weighted by atomic mass is 9.91. The van der Waals surface area contributed by atoms with Crippen LogP contribution in [0.2, 0.25) is 0 Å². The van der Waals surface area contributed by atoms with Crippen LogP contribution in [0.4, 0.5) is 19.0 Å². The Morgan fingerprint density at radius 1 is 1.05 bits per heavy atom. The molecule has 1 atom stereocenters. The number of pyridine rings is 1. The number of ether oxygens (including phenoxy) is 3. The maximum Gasteiger partial charge on any atom is 0.303 e. The van der Waals surface area contributed by atoms with Gasteiger partial charge < -0.3 is 24.6 Å². The molecule has 212 valence electrons. The van der Waals surface area contributed by atoms with Gasteiger partial charge in [-0.25, -0.2) is 14.4 Å². The summed E-state index contributed by atoms with van der Waals surface area (Å²) in [5, 5.41) is 13.7. The van der Waals surface area contributed by atoms with E-state index in [0.717, 1.165) is 19.9 Å². The van der Waals surface area contributed by atoms with E-state index in [1.807, 2.05) is 0 Å². The summed E-state index contributed by atoms with van der Waals surface area (Å²) in [7, 11) is 1.56. The Morgan fingerprint density at radius 3 is 2.50 bits per heavy atom. The molecule has 0 aliphatic heterocycles. The van der Waals surface area contributed by atoms with E-state index in [0.29, 0.717) is 46.4 Å². The van der Waals surface area contributed by atoms with Crippen LogP contribution in [0.15, 0.2) is 54.9 Å². The van der Waals surface area contributed by atoms with Crippen LogP contribution >= 0.6 is 0 Å². The van der Waals surface area contributed by atoms with E-state index in [4.69, 9.17) is 14.2 Å². The molecule has 40 heavy (non-hydrogen) atoms. The van der Waals surface area contributed by atoms with Gasteiger partial charge in [-0.2, -0.15) is 8.78 Å². The lowest BCUT2D eigenvalue weighted by Gasteiger charge is -2.30. The van der Waals surface area contributed by atoms with E-state index in [9.17, 15) is 13.9 Å². The Hall–Kier alpha value is -3.96. The van der Waals surface area contributed by atoms with Gasteiger partial charge in [0.25, 0.3) is 0 Å². The van der Waals surface area contributed by atoms with Crippen LogP contribution in [0.5, 0.6) is 17.2 Å². The molecule has 2 aromatic heterocycles. The first-order valence-corrected chi connectivity index (χ1v) is 12.6. The molecule has 0 radical (unpaired) electrons. The molecule has 0 saturated heterocycles. The van der Waals surface area contributed by atoms with Crippen LogP contribution in [0, 0.1) is 12.7 Å². The molecular weight excluding hydrogens is 525 g/mol. The number of hydrogen-bond acceptors (Lipinski definition) is 8. The number of hydrogen-bond donors (Lipinski definition) is 2. The standard InChI is InChI=1S/C29H31F3N4O4/c1-17(20-9-6-10-22(26(20)30)29(31,32)28(3,4)37)34-27-21-14-24(39-13-12-38-5)25(15-23(21)35-18(2)36-27)40-19-8-7-11-33-16-19/h6-11,14-17,37H,12-13H2,1-5H3,(H,34,35,36). The van der Waals surface area contributed by atoms with Crippen molar-refractivity contribution in [3.8, 4) is 17.2 Å². The molecule has 0 fully saturated rings. The van der Waals surface area contributed by atoms with E-state index in [2.05, 4.69) is 20.3 Å². The second-order valence-electron chi connectivity index (χ2n) is 9.78. The van der Waals surface area contributed by atoms with Crippen molar-refractivity contribution >= 4 is 16.7 Å². The Labute approximate surface area is 230 Å². The van der Waals surface area contributed by atoms with Crippen molar-refractivity contribution in [2.75, 3.05) is 25.6 Å². The Bertz CT molecular complexity index is 1480. The first-order chi connectivity index (χ1) is 18.9. The summed E-state index contributed by atoms with van der Waals surface area (Å²) < 4.78 is 62.2. The van der Waals surface area contributed by atoms with Gasteiger partial charge in [0.15, 0.2) is 11.5 Å². The predicted molar refractivity (Wildman–Crippen MR) is 145 cm³/mol. The number of anilines is 1. The maximum absolute atomic E-state index is 15.4. The SMILES string of the molecule is COCCOc1cc2c(NC(C)c3cccc(C(F)(F)C(C)(C)O)c3F)nc(C)nc2cc1Oc1cccnc1. The number of nitrogens with one attached hydrogen (secondary N) is 1. The molecule has 4 aromatic rings. The zero-order valence-electron chi connectivity index (χ0n) is 22.8. The zero-order valence-corrected chi connectivity index (χ0v) is 22.8. The number of benzene rings is 2. The number of fused-ring (bicyclic) bond motifs is 1. The third-order valence-corrected chi connectivity index (χ3v) is 6.24. The van der Waals surface area contributed by atoms with Crippen molar-refractivity contribution in [1.29, 1.82) is 0 Å². The van der Waals surface area contributed by atoms with Crippen LogP contribution in [0.3, 0.4) is 0 Å². The first kappa shape index (κ1) is 29.0. The van der Waals surface area contributed by atoms with Gasteiger partial charge in [0.2, 0.25) is 0 Å². The summed E-state index contributed by atoms with van der Waals surface area (Å²) in [4.78, 5) is 13.1. The van der Waals surface area contributed by atoms with Gasteiger partial charge in [-0.05, 0) is 52.0 Å². The lowest BCUT2D eigenvalue weighted by molar-refractivity contribution is -0.170. The highest BCUT2D eigenvalue weighted by molar-refractivity contribution is 5.92. The first-order valence-electron chi connectivity index (χ1n) is 12.6. The molecule has 8 nitrogen and oxygen atoms in total. The van der Waals surface area contributed by atoms with Gasteiger partial charge in [-0.1, -0.05) is 12.1 Å². The zero-order chi connectivity index (χ0) is 29.1. The van der Waals surface area contributed by atoms with Crippen molar-refractivity contribution in [2.45, 2.75) is 45.3 Å². The number of halogens is 3. The largest absolute Gasteiger partial charge is 0.487 e. The van der Waals surface area contributed by atoms with E-state index >= 15 is 4.39 Å². The molecule has 2 N–H and O–H groups in total. The summed E-state index contributed by atoms with van der Waals surface area (Å²) in [5.74, 6) is -2.89. The molecule has 2 heterocycles. The van der Waals surface area contributed by atoms with Gasteiger partial charge in [0.05, 0.1) is 29.9 Å². The molecule has 0 amide bonds. The smallest absolute Gasteiger partial charge is 0.303 e. The molecule has 11 heteroatoms. The molecule has 1 unspecified atom stereocenters. The van der Waals surface area contributed by atoms with Crippen molar-refractivity contribution in [1.82, 2.24) is 15.0 Å². The Kier molecular flexibility index (Phi) is 8.45. The van der Waals surface area contributed by atoms with Crippen molar-refractivity contribution in [2.24, 2.45) is 0 Å². The second-order valence-corrected chi connectivity index (χ2v) is 9.78. The predicted octanol–water partition coefficient (Wildman–Crippen LogP) is 6.33. The fraction of sp³-hybridized carbons (Fsp3) is 0.345. The van der Waals surface area contributed by atoms with Gasteiger partial charge in [0.1, 0.15) is 35.4 Å². The molecule has 0 saturated carbocycles. The van der Waals surface area contributed by atoms with E-state index in [-0.39, 0.29) is 12.2 Å². The van der Waals surface area contributed by atoms with E-state index in [1.165, 1.54) is 12.1 Å². The van der Waals surface area contributed by atoms with E-state index in [1.54, 1.807) is 57.6 Å². The summed E-state index contributed by atoms with van der Waals surface area (Å²) in [6.07, 6.45) is 3.19. The monoisotopic (exact) mass is 556 g/mol. The third kappa shape index (κ3) is 6.10. The van der Waals surface area contributed by atoms with Crippen LogP contribution in [0.25, 0.3) is 10.9 Å². The second kappa shape index (κ2) is 11.6. The highest BCUT2D eigenvalue weighted by Crippen LogP contribution is 2.42. The number of aromatic nitrogens is 3. The highest BCUT2D eigenvalue weighted by atomic mass is 19.3. The fourth-order valence-electron chi connectivity index (χ4n) is 4.06. The molecule has 0 aliphatic carbocycles. The minimum absolute atomic E-state index is 0.0149. The minimum atomic E-state index is -3.82. The topological polar surface area (TPSA) is 98.6 Å². The molecule has 2 aromatic carbocycles. The molecule has 4 rings (SSSR count). The normalized spacial score (nSPS) is 12.8. The molecule has 0 aliphatic rings. The van der Waals surface area contributed by atoms with Crippen LogP contribution in [0.1, 0.15) is 43.8 Å². The van der Waals surface area contributed by atoms with Gasteiger partial charge >= 0.3 is 5.92 Å². The van der Waals surface area contributed by atoms with Crippen molar-refractivity contribution in [3.63, 3.8) is 0 Å². The van der Waals surface area contributed by atoms with Crippen LogP contribution < -0.4 is 14.8 Å². The average molecular weight is 557 g/mol. The molecule has 0 bridgehead atoms. The summed E-state index contributed by atoms with van der Waals surface area (Å²) in [6, 6.07) is 9.81. The Balaban J connectivity index is 1.74. The summed E-state index contributed by atoms with van der Waals surface area (Å²) in [6.45, 7) is 5.78. The third-order valence-electron chi connectivity index (χ3n) is 6.24. The molecule has 0 spiro atoms. The Morgan fingerprint density at radius 2 is 1.82 bits per heavy atom. The van der Waals surface area contributed by atoms with Gasteiger partial charge in [-0.3, -0.25) is 4.98 Å². The number of nitrogens with zero attached hydrogens (tertiary/aromatic N) is 3. The number of alkyl halides is 2. The average Bonchev–Trinajstić information content (AvgIpc) is 2.89. The number of methoxy groups -OCH3 is 1. The summed E-state index contributed by atoms with van der Waals surface area (Å²) >= 11 is 0. The maximum atomic E-state index is 15.4. The fourth-order valence-corrected chi connectivity index (χ4v) is 4.06. The van der Waals surface area contributed by atoms with Crippen LogP contribution in [-0.4, -0.2) is 46.0 Å². The lowest BCUT2D eigenvalue weighted by Crippen LogP contribution is -2.41. The quantitative estimate of drug-likeness (QED) is 0.207. The number of aryl methyl sites for hydroxylation is 1. The molecular formula is C29H31F3N4O4. The van der Waals surface area contributed by atoms with Gasteiger partial charge in [-0.15, -0.1) is 0 Å². The highest BCUT2D eigenvalue weighted by Gasteiger charge is 2.49. The number of aliphatic hydroxyl groups is 1. The van der Waals surface area contributed by atoms with Crippen molar-refractivity contribution < 1.29 is 32.5 Å². The van der Waals surface area contributed by atoms with E-state index < -0.39 is 28.9 Å². The number of rotatable bonds is 11. The summed E-state index contributed by atoms with van der Waals surface area (Å²) in [5.41, 5.74) is -2.85.